The monoisotopic (exact) mass is 356 g/mol. The molecule has 5 nitrogen and oxygen atoms in total. The van der Waals surface area contributed by atoms with Gasteiger partial charge in [-0.05, 0) is 39.3 Å². The number of amides is 1. The van der Waals surface area contributed by atoms with Crippen LogP contribution in [-0.2, 0) is 4.79 Å². The molecule has 2 N–H and O–H groups in total. The predicted molar refractivity (Wildman–Crippen MR) is 109 cm³/mol. The molecule has 3 aromatic carbocycles. The number of fused-ring (bicyclic) bond motifs is 3. The number of aliphatic imine (C=N–C) groups is 1. The van der Waals surface area contributed by atoms with Gasteiger partial charge in [-0.15, -0.1) is 0 Å². The Morgan fingerprint density at radius 3 is 2.44 bits per heavy atom. The fourth-order valence-electron chi connectivity index (χ4n) is 3.83. The van der Waals surface area contributed by atoms with E-state index in [1.54, 1.807) is 0 Å². The number of nitrogens with zero attached hydrogens (tertiary/aromatic N) is 2. The third-order valence-corrected chi connectivity index (χ3v) is 5.19. The highest BCUT2D eigenvalue weighted by molar-refractivity contribution is 6.16. The van der Waals surface area contributed by atoms with Crippen molar-refractivity contribution < 1.29 is 4.79 Å². The summed E-state index contributed by atoms with van der Waals surface area (Å²) in [6.07, 6.45) is 1.90. The Balaban J connectivity index is 1.62. The van der Waals surface area contributed by atoms with Crippen LogP contribution >= 0.6 is 0 Å². The van der Waals surface area contributed by atoms with Crippen LogP contribution in [0.5, 0.6) is 0 Å². The van der Waals surface area contributed by atoms with Gasteiger partial charge < -0.3 is 10.2 Å². The molecule has 3 aromatic rings. The lowest BCUT2D eigenvalue weighted by Crippen LogP contribution is -2.50. The molecule has 134 valence electrons. The summed E-state index contributed by atoms with van der Waals surface area (Å²) in [4.78, 5) is 19.2. The normalized spacial score (nSPS) is 19.0. The van der Waals surface area contributed by atoms with Gasteiger partial charge in [-0.3, -0.25) is 10.1 Å². The fraction of sp³-hybridized carbons (Fsp3) is 0.182. The molecular formula is C22H20N4O. The zero-order valence-corrected chi connectivity index (χ0v) is 14.9. The Labute approximate surface area is 157 Å². The van der Waals surface area contributed by atoms with Gasteiger partial charge in [0.1, 0.15) is 5.70 Å². The van der Waals surface area contributed by atoms with Crippen LogP contribution in [0.15, 0.2) is 65.3 Å². The summed E-state index contributed by atoms with van der Waals surface area (Å²) in [5.41, 5.74) is 1.48. The van der Waals surface area contributed by atoms with Crippen LogP contribution in [0.25, 0.3) is 27.6 Å². The van der Waals surface area contributed by atoms with Gasteiger partial charge in [0, 0.05) is 26.2 Å². The second-order valence-electron chi connectivity index (χ2n) is 6.89. The molecule has 2 aliphatic rings. The molecule has 0 aliphatic carbocycles. The summed E-state index contributed by atoms with van der Waals surface area (Å²) in [5, 5.41) is 10.9. The molecule has 0 atom stereocenters. The van der Waals surface area contributed by atoms with Crippen molar-refractivity contribution in [2.75, 3.05) is 26.2 Å². The first-order chi connectivity index (χ1) is 13.3. The van der Waals surface area contributed by atoms with Gasteiger partial charge in [-0.25, -0.2) is 4.99 Å². The predicted octanol–water partition coefficient (Wildman–Crippen LogP) is 2.72. The Kier molecular flexibility index (Phi) is 3.87. The van der Waals surface area contributed by atoms with Crippen LogP contribution in [0.4, 0.5) is 0 Å². The van der Waals surface area contributed by atoms with E-state index in [2.05, 4.69) is 63.0 Å². The Hall–Kier alpha value is -3.18. The lowest BCUT2D eigenvalue weighted by Gasteiger charge is -2.28. The van der Waals surface area contributed by atoms with Gasteiger partial charge in [-0.1, -0.05) is 48.5 Å². The van der Waals surface area contributed by atoms with Crippen molar-refractivity contribution in [2.45, 2.75) is 0 Å². The molecule has 2 aliphatic heterocycles. The van der Waals surface area contributed by atoms with Gasteiger partial charge in [0.2, 0.25) is 5.96 Å². The second kappa shape index (κ2) is 6.52. The van der Waals surface area contributed by atoms with Gasteiger partial charge in [0.15, 0.2) is 0 Å². The second-order valence-corrected chi connectivity index (χ2v) is 6.89. The van der Waals surface area contributed by atoms with E-state index < -0.39 is 0 Å². The highest BCUT2D eigenvalue weighted by Crippen LogP contribution is 2.30. The Morgan fingerprint density at radius 2 is 1.63 bits per heavy atom. The van der Waals surface area contributed by atoms with E-state index in [0.717, 1.165) is 42.5 Å². The average Bonchev–Trinajstić information content (AvgIpc) is 3.09. The van der Waals surface area contributed by atoms with Gasteiger partial charge in [0.25, 0.3) is 5.91 Å². The van der Waals surface area contributed by atoms with Gasteiger partial charge in [0.05, 0.1) is 0 Å². The van der Waals surface area contributed by atoms with Crippen molar-refractivity contribution in [3.8, 4) is 0 Å². The van der Waals surface area contributed by atoms with Crippen LogP contribution < -0.4 is 10.6 Å². The van der Waals surface area contributed by atoms with Gasteiger partial charge in [-0.2, -0.15) is 0 Å². The van der Waals surface area contributed by atoms with E-state index in [1.165, 1.54) is 10.8 Å². The topological polar surface area (TPSA) is 56.7 Å². The SMILES string of the molecule is O=C1NC(N2CCNCC2)=N/C1=C\c1cc2ccccc2c2ccccc12. The van der Waals surface area contributed by atoms with Crippen LogP contribution in [0.1, 0.15) is 5.56 Å². The summed E-state index contributed by atoms with van der Waals surface area (Å²) < 4.78 is 0. The molecular weight excluding hydrogens is 336 g/mol. The van der Waals surface area contributed by atoms with Crippen LogP contribution in [-0.4, -0.2) is 42.9 Å². The molecule has 0 aromatic heterocycles. The maximum Gasteiger partial charge on any atom is 0.276 e. The molecule has 1 fully saturated rings. The molecule has 0 spiro atoms. The zero-order valence-electron chi connectivity index (χ0n) is 14.9. The number of benzene rings is 3. The molecule has 2 heterocycles. The maximum atomic E-state index is 12.5. The molecule has 0 bridgehead atoms. The average molecular weight is 356 g/mol. The highest BCUT2D eigenvalue weighted by Gasteiger charge is 2.25. The Bertz CT molecular complexity index is 1110. The number of carbonyl (C=O) groups is 1. The number of hydrogen-bond acceptors (Lipinski definition) is 4. The molecule has 5 heteroatoms. The molecule has 0 unspecified atom stereocenters. The van der Waals surface area contributed by atoms with Gasteiger partial charge >= 0.3 is 0 Å². The molecule has 5 rings (SSSR count). The minimum atomic E-state index is -0.138. The first-order valence-electron chi connectivity index (χ1n) is 9.27. The van der Waals surface area contributed by atoms with E-state index in [-0.39, 0.29) is 5.91 Å². The zero-order chi connectivity index (χ0) is 18.2. The van der Waals surface area contributed by atoms with Crippen molar-refractivity contribution in [1.82, 2.24) is 15.5 Å². The number of rotatable bonds is 1. The number of carbonyl (C=O) groups excluding carboxylic acids is 1. The summed E-state index contributed by atoms with van der Waals surface area (Å²) >= 11 is 0. The number of guanidine groups is 1. The molecule has 27 heavy (non-hydrogen) atoms. The van der Waals surface area contributed by atoms with Crippen molar-refractivity contribution in [2.24, 2.45) is 4.99 Å². The highest BCUT2D eigenvalue weighted by atomic mass is 16.2. The van der Waals surface area contributed by atoms with Crippen molar-refractivity contribution >= 4 is 39.5 Å². The first-order valence-corrected chi connectivity index (χ1v) is 9.27. The molecule has 0 saturated carbocycles. The van der Waals surface area contributed by atoms with Crippen LogP contribution in [0, 0.1) is 0 Å². The first kappa shape index (κ1) is 16.0. The third kappa shape index (κ3) is 2.86. The third-order valence-electron chi connectivity index (χ3n) is 5.19. The lowest BCUT2D eigenvalue weighted by molar-refractivity contribution is -0.115. The van der Waals surface area contributed by atoms with E-state index in [0.29, 0.717) is 11.7 Å². The van der Waals surface area contributed by atoms with Crippen molar-refractivity contribution in [3.63, 3.8) is 0 Å². The van der Waals surface area contributed by atoms with Crippen LogP contribution in [0.3, 0.4) is 0 Å². The quantitative estimate of drug-likeness (QED) is 0.521. The largest absolute Gasteiger partial charge is 0.340 e. The van der Waals surface area contributed by atoms with E-state index in [9.17, 15) is 4.79 Å². The smallest absolute Gasteiger partial charge is 0.276 e. The molecule has 0 radical (unpaired) electrons. The van der Waals surface area contributed by atoms with Crippen LogP contribution in [0.2, 0.25) is 0 Å². The van der Waals surface area contributed by atoms with Crippen molar-refractivity contribution in [3.05, 3.63) is 65.9 Å². The standard InChI is InChI=1S/C22H20N4O/c27-21-20(24-22(25-21)26-11-9-23-10-12-26)14-16-13-15-5-1-2-6-17(15)19-8-4-3-7-18(16)19/h1-8,13-14,23H,9-12H2,(H,24,25,27)/b20-14-. The Morgan fingerprint density at radius 1 is 0.926 bits per heavy atom. The maximum absolute atomic E-state index is 12.5. The van der Waals surface area contributed by atoms with Crippen molar-refractivity contribution in [1.29, 1.82) is 0 Å². The molecule has 1 saturated heterocycles. The summed E-state index contributed by atoms with van der Waals surface area (Å²) in [6, 6.07) is 18.8. The molecule has 1 amide bonds. The summed E-state index contributed by atoms with van der Waals surface area (Å²) in [5.74, 6) is 0.526. The number of nitrogens with one attached hydrogen (secondary N) is 2. The van der Waals surface area contributed by atoms with E-state index >= 15 is 0 Å². The fourth-order valence-corrected chi connectivity index (χ4v) is 3.83. The van der Waals surface area contributed by atoms with E-state index in [1.807, 2.05) is 18.2 Å². The minimum absolute atomic E-state index is 0.138. The minimum Gasteiger partial charge on any atom is -0.340 e. The lowest BCUT2D eigenvalue weighted by atomic mass is 9.97. The number of hydrogen-bond donors (Lipinski definition) is 2. The number of piperazine rings is 1. The summed E-state index contributed by atoms with van der Waals surface area (Å²) in [6.45, 7) is 3.52. The summed E-state index contributed by atoms with van der Waals surface area (Å²) in [7, 11) is 0. The van der Waals surface area contributed by atoms with E-state index in [4.69, 9.17) is 0 Å².